The Kier molecular flexibility index (Phi) is 7.91. The van der Waals surface area contributed by atoms with E-state index in [0.29, 0.717) is 11.8 Å². The lowest BCUT2D eigenvalue weighted by Crippen LogP contribution is -2.33. The van der Waals surface area contributed by atoms with Gasteiger partial charge in [-0.15, -0.1) is 0 Å². The molecular weight excluding hydrogens is 278 g/mol. The van der Waals surface area contributed by atoms with Crippen LogP contribution in [-0.4, -0.2) is 29.2 Å². The van der Waals surface area contributed by atoms with E-state index >= 15 is 0 Å². The second-order valence-corrected chi connectivity index (χ2v) is 5.87. The van der Waals surface area contributed by atoms with Crippen LogP contribution in [0, 0.1) is 5.92 Å². The van der Waals surface area contributed by atoms with Gasteiger partial charge in [0, 0.05) is 24.8 Å². The Morgan fingerprint density at radius 2 is 1.88 bits per heavy atom. The van der Waals surface area contributed by atoms with Crippen LogP contribution in [-0.2, 0) is 4.79 Å². The lowest BCUT2D eigenvalue weighted by Gasteiger charge is -2.23. The van der Waals surface area contributed by atoms with Gasteiger partial charge in [-0.3, -0.25) is 4.79 Å². The van der Waals surface area contributed by atoms with E-state index in [2.05, 4.69) is 22.9 Å². The molecule has 1 aliphatic carbocycles. The first-order chi connectivity index (χ1) is 8.27. The third kappa shape index (κ3) is 5.89. The van der Waals surface area contributed by atoms with E-state index in [1.165, 1.54) is 38.5 Å². The zero-order valence-electron chi connectivity index (χ0n) is 11.1. The summed E-state index contributed by atoms with van der Waals surface area (Å²) in [6.45, 7) is 3.85. The first kappa shape index (κ1) is 15.0. The van der Waals surface area contributed by atoms with E-state index in [1.807, 2.05) is 4.90 Å². The molecule has 3 heteroatoms. The van der Waals surface area contributed by atoms with Gasteiger partial charge in [0.25, 0.3) is 0 Å². The molecule has 0 aromatic heterocycles. The third-order valence-electron chi connectivity index (χ3n) is 3.73. The molecule has 1 saturated carbocycles. The SMILES string of the molecule is CCN(CCCBr)C(=O)CC1CCCCCC1. The van der Waals surface area contributed by atoms with E-state index in [4.69, 9.17) is 0 Å². The second-order valence-electron chi connectivity index (χ2n) is 5.08. The Morgan fingerprint density at radius 3 is 2.41 bits per heavy atom. The van der Waals surface area contributed by atoms with Crippen LogP contribution in [0.15, 0.2) is 0 Å². The predicted molar refractivity (Wildman–Crippen MR) is 76.5 cm³/mol. The number of rotatable bonds is 6. The summed E-state index contributed by atoms with van der Waals surface area (Å²) >= 11 is 3.43. The zero-order valence-corrected chi connectivity index (χ0v) is 12.7. The molecule has 0 saturated heterocycles. The molecule has 0 unspecified atom stereocenters. The first-order valence-corrected chi connectivity index (χ1v) is 8.23. The molecule has 0 aromatic rings. The number of alkyl halides is 1. The average molecular weight is 304 g/mol. The normalized spacial score (nSPS) is 17.8. The summed E-state index contributed by atoms with van der Waals surface area (Å²) in [5, 5.41) is 0.986. The topological polar surface area (TPSA) is 20.3 Å². The van der Waals surface area contributed by atoms with Crippen LogP contribution in [0.1, 0.15) is 58.3 Å². The van der Waals surface area contributed by atoms with Gasteiger partial charge in [0.15, 0.2) is 0 Å². The van der Waals surface area contributed by atoms with Crippen molar-refractivity contribution in [2.75, 3.05) is 18.4 Å². The summed E-state index contributed by atoms with van der Waals surface area (Å²) in [7, 11) is 0. The number of carbonyl (C=O) groups excluding carboxylic acids is 1. The minimum Gasteiger partial charge on any atom is -0.343 e. The van der Waals surface area contributed by atoms with Crippen LogP contribution in [0.2, 0.25) is 0 Å². The maximum Gasteiger partial charge on any atom is 0.222 e. The van der Waals surface area contributed by atoms with Crippen molar-refractivity contribution < 1.29 is 4.79 Å². The van der Waals surface area contributed by atoms with E-state index in [1.54, 1.807) is 0 Å². The van der Waals surface area contributed by atoms with E-state index in [9.17, 15) is 4.79 Å². The number of halogens is 1. The molecule has 1 amide bonds. The highest BCUT2D eigenvalue weighted by molar-refractivity contribution is 9.09. The third-order valence-corrected chi connectivity index (χ3v) is 4.29. The van der Waals surface area contributed by atoms with Crippen molar-refractivity contribution in [2.45, 2.75) is 58.3 Å². The Morgan fingerprint density at radius 1 is 1.24 bits per heavy atom. The smallest absolute Gasteiger partial charge is 0.222 e. The first-order valence-electron chi connectivity index (χ1n) is 7.11. The molecule has 0 heterocycles. The van der Waals surface area contributed by atoms with Crippen molar-refractivity contribution in [2.24, 2.45) is 5.92 Å². The van der Waals surface area contributed by atoms with Crippen LogP contribution in [0.5, 0.6) is 0 Å². The van der Waals surface area contributed by atoms with Gasteiger partial charge in [0.2, 0.25) is 5.91 Å². The van der Waals surface area contributed by atoms with Crippen LogP contribution in [0.25, 0.3) is 0 Å². The average Bonchev–Trinajstić information content (AvgIpc) is 2.58. The van der Waals surface area contributed by atoms with Crippen molar-refractivity contribution >= 4 is 21.8 Å². The standard InChI is InChI=1S/C14H26BrNO/c1-2-16(11-7-10-15)14(17)12-13-8-5-3-4-6-9-13/h13H,2-12H2,1H3. The van der Waals surface area contributed by atoms with E-state index in [-0.39, 0.29) is 0 Å². The number of carbonyl (C=O) groups is 1. The summed E-state index contributed by atoms with van der Waals surface area (Å²) in [6.07, 6.45) is 9.76. The highest BCUT2D eigenvalue weighted by Gasteiger charge is 2.19. The Balaban J connectivity index is 2.33. The number of nitrogens with zero attached hydrogens (tertiary/aromatic N) is 1. The summed E-state index contributed by atoms with van der Waals surface area (Å²) in [5.74, 6) is 1.03. The zero-order chi connectivity index (χ0) is 12.5. The van der Waals surface area contributed by atoms with Crippen LogP contribution >= 0.6 is 15.9 Å². The largest absolute Gasteiger partial charge is 0.343 e. The number of hydrogen-bond donors (Lipinski definition) is 0. The van der Waals surface area contributed by atoms with Crippen LogP contribution < -0.4 is 0 Å². The number of hydrogen-bond acceptors (Lipinski definition) is 1. The van der Waals surface area contributed by atoms with Crippen LogP contribution in [0.4, 0.5) is 0 Å². The fourth-order valence-corrected chi connectivity index (χ4v) is 2.90. The quantitative estimate of drug-likeness (QED) is 0.537. The summed E-state index contributed by atoms with van der Waals surface area (Å²) < 4.78 is 0. The Labute approximate surface area is 114 Å². The fourth-order valence-electron chi connectivity index (χ4n) is 2.65. The van der Waals surface area contributed by atoms with Crippen molar-refractivity contribution in [1.29, 1.82) is 0 Å². The van der Waals surface area contributed by atoms with Crippen LogP contribution in [0.3, 0.4) is 0 Å². The Bertz CT molecular complexity index is 212. The molecule has 1 fully saturated rings. The Hall–Kier alpha value is -0.0500. The molecule has 0 spiro atoms. The highest BCUT2D eigenvalue weighted by atomic mass is 79.9. The molecule has 100 valence electrons. The highest BCUT2D eigenvalue weighted by Crippen LogP contribution is 2.25. The van der Waals surface area contributed by atoms with Crippen molar-refractivity contribution in [3.8, 4) is 0 Å². The van der Waals surface area contributed by atoms with Gasteiger partial charge in [-0.2, -0.15) is 0 Å². The summed E-state index contributed by atoms with van der Waals surface area (Å²) in [4.78, 5) is 14.2. The van der Waals surface area contributed by atoms with Gasteiger partial charge in [-0.25, -0.2) is 0 Å². The lowest BCUT2D eigenvalue weighted by atomic mass is 9.96. The molecule has 0 radical (unpaired) electrons. The maximum atomic E-state index is 12.2. The monoisotopic (exact) mass is 303 g/mol. The molecule has 0 aliphatic heterocycles. The van der Waals surface area contributed by atoms with Crippen molar-refractivity contribution in [3.05, 3.63) is 0 Å². The maximum absolute atomic E-state index is 12.2. The van der Waals surface area contributed by atoms with E-state index in [0.717, 1.165) is 31.3 Å². The molecule has 2 nitrogen and oxygen atoms in total. The van der Waals surface area contributed by atoms with E-state index < -0.39 is 0 Å². The summed E-state index contributed by atoms with van der Waals surface area (Å²) in [6, 6.07) is 0. The molecular formula is C14H26BrNO. The molecule has 0 atom stereocenters. The van der Waals surface area contributed by atoms with Gasteiger partial charge >= 0.3 is 0 Å². The van der Waals surface area contributed by atoms with Gasteiger partial charge < -0.3 is 4.90 Å². The molecule has 0 N–H and O–H groups in total. The van der Waals surface area contributed by atoms with Gasteiger partial charge in [0.05, 0.1) is 0 Å². The second kappa shape index (κ2) is 8.96. The molecule has 0 aromatic carbocycles. The van der Waals surface area contributed by atoms with Gasteiger partial charge in [0.1, 0.15) is 0 Å². The summed E-state index contributed by atoms with van der Waals surface area (Å²) in [5.41, 5.74) is 0. The molecule has 1 rings (SSSR count). The minimum atomic E-state index is 0.375. The van der Waals surface area contributed by atoms with Crippen molar-refractivity contribution in [3.63, 3.8) is 0 Å². The molecule has 0 bridgehead atoms. The molecule has 17 heavy (non-hydrogen) atoms. The fraction of sp³-hybridized carbons (Fsp3) is 0.929. The minimum absolute atomic E-state index is 0.375. The molecule has 1 aliphatic rings. The number of amides is 1. The van der Waals surface area contributed by atoms with Gasteiger partial charge in [-0.05, 0) is 32.1 Å². The van der Waals surface area contributed by atoms with Gasteiger partial charge in [-0.1, -0.05) is 41.6 Å². The predicted octanol–water partition coefficient (Wildman–Crippen LogP) is 3.98. The van der Waals surface area contributed by atoms with Crippen molar-refractivity contribution in [1.82, 2.24) is 4.90 Å². The lowest BCUT2D eigenvalue weighted by molar-refractivity contribution is -0.132.